The Bertz CT molecular complexity index is 406. The maximum absolute atomic E-state index is 5.78. The van der Waals surface area contributed by atoms with Gasteiger partial charge in [-0.15, -0.1) is 10.2 Å². The van der Waals surface area contributed by atoms with Gasteiger partial charge in [0.2, 0.25) is 0 Å². The molecule has 4 heteroatoms. The first-order chi connectivity index (χ1) is 8.45. The summed E-state index contributed by atoms with van der Waals surface area (Å²) in [6.45, 7) is 10.6. The molecule has 0 amide bonds. The van der Waals surface area contributed by atoms with E-state index in [0.717, 1.165) is 18.2 Å². The van der Waals surface area contributed by atoms with Gasteiger partial charge in [0.05, 0.1) is 6.54 Å². The monoisotopic (exact) mass is 250 g/mol. The molecule has 1 heterocycles. The third kappa shape index (κ3) is 2.44. The first kappa shape index (κ1) is 13.5. The average Bonchev–Trinajstić information content (AvgIpc) is 2.80. The zero-order valence-electron chi connectivity index (χ0n) is 12.1. The molecule has 1 atom stereocenters. The Balaban J connectivity index is 2.35. The summed E-state index contributed by atoms with van der Waals surface area (Å²) >= 11 is 0. The molecule has 4 nitrogen and oxygen atoms in total. The van der Waals surface area contributed by atoms with E-state index < -0.39 is 0 Å². The molecular formula is C14H26N4. The van der Waals surface area contributed by atoms with Crippen LogP contribution < -0.4 is 5.73 Å². The molecule has 0 aromatic carbocycles. The Morgan fingerprint density at radius 3 is 2.61 bits per heavy atom. The molecule has 1 aliphatic rings. The SMILES string of the molecule is CC(C)Cn1c(CN)nnc1C1CCCC1(C)C. The van der Waals surface area contributed by atoms with Crippen molar-refractivity contribution in [2.24, 2.45) is 17.1 Å². The second-order valence-electron chi connectivity index (χ2n) is 6.62. The molecule has 1 aromatic rings. The Morgan fingerprint density at radius 1 is 1.39 bits per heavy atom. The summed E-state index contributed by atoms with van der Waals surface area (Å²) in [5, 5.41) is 8.74. The molecule has 18 heavy (non-hydrogen) atoms. The maximum Gasteiger partial charge on any atom is 0.146 e. The molecule has 102 valence electrons. The van der Waals surface area contributed by atoms with Crippen LogP contribution in [0.2, 0.25) is 0 Å². The summed E-state index contributed by atoms with van der Waals surface area (Å²) < 4.78 is 2.27. The van der Waals surface area contributed by atoms with Crippen molar-refractivity contribution in [1.82, 2.24) is 14.8 Å². The zero-order chi connectivity index (χ0) is 13.3. The number of hydrogen-bond acceptors (Lipinski definition) is 3. The molecule has 2 N–H and O–H groups in total. The van der Waals surface area contributed by atoms with Crippen LogP contribution in [-0.2, 0) is 13.1 Å². The van der Waals surface area contributed by atoms with Gasteiger partial charge in [-0.3, -0.25) is 0 Å². The lowest BCUT2D eigenvalue weighted by Crippen LogP contribution is -2.22. The Kier molecular flexibility index (Phi) is 3.76. The van der Waals surface area contributed by atoms with Crippen molar-refractivity contribution < 1.29 is 0 Å². The number of aromatic nitrogens is 3. The van der Waals surface area contributed by atoms with Crippen molar-refractivity contribution in [3.05, 3.63) is 11.6 Å². The van der Waals surface area contributed by atoms with E-state index in [-0.39, 0.29) is 0 Å². The molecule has 0 aliphatic heterocycles. The van der Waals surface area contributed by atoms with Crippen LogP contribution in [0.1, 0.15) is 64.5 Å². The smallest absolute Gasteiger partial charge is 0.146 e. The van der Waals surface area contributed by atoms with Crippen LogP contribution in [0.5, 0.6) is 0 Å². The van der Waals surface area contributed by atoms with Gasteiger partial charge in [0.15, 0.2) is 0 Å². The van der Waals surface area contributed by atoms with Gasteiger partial charge in [0.25, 0.3) is 0 Å². The minimum Gasteiger partial charge on any atom is -0.324 e. The number of rotatable bonds is 4. The van der Waals surface area contributed by atoms with E-state index in [9.17, 15) is 0 Å². The van der Waals surface area contributed by atoms with Crippen LogP contribution in [0.25, 0.3) is 0 Å². The Morgan fingerprint density at radius 2 is 2.11 bits per heavy atom. The molecule has 2 rings (SSSR count). The minimum atomic E-state index is 0.341. The molecule has 1 aliphatic carbocycles. The van der Waals surface area contributed by atoms with Crippen molar-refractivity contribution in [3.63, 3.8) is 0 Å². The molecule has 0 bridgehead atoms. The normalized spacial score (nSPS) is 22.9. The first-order valence-electron chi connectivity index (χ1n) is 7.07. The van der Waals surface area contributed by atoms with E-state index in [0.29, 0.717) is 23.8 Å². The summed E-state index contributed by atoms with van der Waals surface area (Å²) in [7, 11) is 0. The van der Waals surface area contributed by atoms with Gasteiger partial charge in [0.1, 0.15) is 11.6 Å². The predicted molar refractivity (Wildman–Crippen MR) is 73.1 cm³/mol. The van der Waals surface area contributed by atoms with Gasteiger partial charge in [0, 0.05) is 12.5 Å². The number of hydrogen-bond donors (Lipinski definition) is 1. The van der Waals surface area contributed by atoms with Crippen molar-refractivity contribution in [2.75, 3.05) is 0 Å². The van der Waals surface area contributed by atoms with Crippen LogP contribution in [0.4, 0.5) is 0 Å². The second-order valence-corrected chi connectivity index (χ2v) is 6.62. The van der Waals surface area contributed by atoms with E-state index in [1.165, 1.54) is 19.3 Å². The highest BCUT2D eigenvalue weighted by Crippen LogP contribution is 2.48. The Labute approximate surface area is 110 Å². The average molecular weight is 250 g/mol. The zero-order valence-corrected chi connectivity index (χ0v) is 12.1. The lowest BCUT2D eigenvalue weighted by molar-refractivity contribution is 0.310. The van der Waals surface area contributed by atoms with Crippen LogP contribution in [0.15, 0.2) is 0 Å². The van der Waals surface area contributed by atoms with E-state index in [1.54, 1.807) is 0 Å². The molecule has 0 spiro atoms. The van der Waals surface area contributed by atoms with Gasteiger partial charge in [-0.1, -0.05) is 34.1 Å². The largest absolute Gasteiger partial charge is 0.324 e. The summed E-state index contributed by atoms with van der Waals surface area (Å²) in [6, 6.07) is 0. The molecule has 1 unspecified atom stereocenters. The number of nitrogens with zero attached hydrogens (tertiary/aromatic N) is 3. The number of nitrogens with two attached hydrogens (primary N) is 1. The van der Waals surface area contributed by atoms with Gasteiger partial charge in [-0.25, -0.2) is 0 Å². The fourth-order valence-corrected chi connectivity index (χ4v) is 3.13. The quantitative estimate of drug-likeness (QED) is 0.894. The predicted octanol–water partition coefficient (Wildman–Crippen LogP) is 2.69. The molecule has 0 radical (unpaired) electrons. The molecule has 0 saturated heterocycles. The molecular weight excluding hydrogens is 224 g/mol. The first-order valence-corrected chi connectivity index (χ1v) is 7.07. The minimum absolute atomic E-state index is 0.341. The van der Waals surface area contributed by atoms with E-state index >= 15 is 0 Å². The van der Waals surface area contributed by atoms with Crippen LogP contribution >= 0.6 is 0 Å². The molecule has 1 fully saturated rings. The van der Waals surface area contributed by atoms with Crippen LogP contribution in [0.3, 0.4) is 0 Å². The van der Waals surface area contributed by atoms with Crippen molar-refractivity contribution >= 4 is 0 Å². The standard InChI is InChI=1S/C14H26N4/c1-10(2)9-18-12(8-15)16-17-13(18)11-6-5-7-14(11,3)4/h10-11H,5-9,15H2,1-4H3. The van der Waals surface area contributed by atoms with Gasteiger partial charge < -0.3 is 10.3 Å². The van der Waals surface area contributed by atoms with Gasteiger partial charge in [-0.2, -0.15) is 0 Å². The maximum atomic E-state index is 5.78. The second kappa shape index (κ2) is 5.00. The summed E-state index contributed by atoms with van der Waals surface area (Å²) in [6.07, 6.45) is 3.81. The fourth-order valence-electron chi connectivity index (χ4n) is 3.13. The highest BCUT2D eigenvalue weighted by Gasteiger charge is 2.38. The molecule has 1 aromatic heterocycles. The topological polar surface area (TPSA) is 56.7 Å². The van der Waals surface area contributed by atoms with Crippen molar-refractivity contribution in [3.8, 4) is 0 Å². The summed E-state index contributed by atoms with van der Waals surface area (Å²) in [5.74, 6) is 3.21. The lowest BCUT2D eigenvalue weighted by Gasteiger charge is -2.27. The summed E-state index contributed by atoms with van der Waals surface area (Å²) in [4.78, 5) is 0. The van der Waals surface area contributed by atoms with E-state index in [2.05, 4.69) is 42.5 Å². The lowest BCUT2D eigenvalue weighted by atomic mass is 9.81. The molecule has 1 saturated carbocycles. The van der Waals surface area contributed by atoms with Crippen LogP contribution in [-0.4, -0.2) is 14.8 Å². The fraction of sp³-hybridized carbons (Fsp3) is 0.857. The summed E-state index contributed by atoms with van der Waals surface area (Å²) in [5.41, 5.74) is 6.12. The van der Waals surface area contributed by atoms with Crippen LogP contribution in [0, 0.1) is 11.3 Å². The van der Waals surface area contributed by atoms with Gasteiger partial charge in [-0.05, 0) is 24.2 Å². The van der Waals surface area contributed by atoms with Crippen molar-refractivity contribution in [2.45, 2.75) is 66.0 Å². The Hall–Kier alpha value is -0.900. The highest BCUT2D eigenvalue weighted by molar-refractivity contribution is 5.09. The van der Waals surface area contributed by atoms with Crippen molar-refractivity contribution in [1.29, 1.82) is 0 Å². The third-order valence-electron chi connectivity index (χ3n) is 4.16. The van der Waals surface area contributed by atoms with E-state index in [4.69, 9.17) is 5.73 Å². The van der Waals surface area contributed by atoms with Gasteiger partial charge >= 0.3 is 0 Å². The third-order valence-corrected chi connectivity index (χ3v) is 4.16. The highest BCUT2D eigenvalue weighted by atomic mass is 15.3. The van der Waals surface area contributed by atoms with E-state index in [1.807, 2.05) is 0 Å².